The molecule has 0 bridgehead atoms. The molecular weight excluding hydrogens is 362 g/mol. The number of sulfone groups is 1. The van der Waals surface area contributed by atoms with Gasteiger partial charge in [-0.25, -0.2) is 8.42 Å². The summed E-state index contributed by atoms with van der Waals surface area (Å²) in [7, 11) is 0.726. The number of benzene rings is 2. The molecule has 0 atom stereocenters. The normalized spacial score (nSPS) is 14.4. The predicted octanol–water partition coefficient (Wildman–Crippen LogP) is 2.12. The molecule has 0 aromatic heterocycles. The summed E-state index contributed by atoms with van der Waals surface area (Å²) < 4.78 is 23.6. The van der Waals surface area contributed by atoms with Crippen LogP contribution in [-0.4, -0.2) is 65.8 Å². The van der Waals surface area contributed by atoms with Crippen LogP contribution in [0, 0.1) is 0 Å². The van der Waals surface area contributed by atoms with E-state index in [4.69, 9.17) is 0 Å². The van der Waals surface area contributed by atoms with E-state index in [0.717, 1.165) is 37.3 Å². The van der Waals surface area contributed by atoms with Gasteiger partial charge in [0.25, 0.3) is 5.91 Å². The van der Waals surface area contributed by atoms with E-state index in [-0.39, 0.29) is 10.8 Å². The Morgan fingerprint density at radius 1 is 1.04 bits per heavy atom. The third-order valence-electron chi connectivity index (χ3n) is 4.68. The number of hydrogen-bond acceptors (Lipinski definition) is 5. The van der Waals surface area contributed by atoms with Crippen LogP contribution in [0.15, 0.2) is 53.4 Å². The van der Waals surface area contributed by atoms with Crippen LogP contribution in [0.1, 0.15) is 10.4 Å². The molecule has 0 saturated heterocycles. The lowest BCUT2D eigenvalue weighted by Crippen LogP contribution is -2.45. The van der Waals surface area contributed by atoms with Crippen LogP contribution in [0.25, 0.3) is 0 Å². The van der Waals surface area contributed by atoms with Gasteiger partial charge in [0.2, 0.25) is 0 Å². The van der Waals surface area contributed by atoms with Gasteiger partial charge in [-0.05, 0) is 44.4 Å². The number of fused-ring (bicyclic) bond motifs is 1. The second kappa shape index (κ2) is 7.70. The van der Waals surface area contributed by atoms with Crippen molar-refractivity contribution in [2.24, 2.45) is 0 Å². The highest BCUT2D eigenvalue weighted by molar-refractivity contribution is 7.90. The largest absolute Gasteiger partial charge is 0.367 e. The lowest BCUT2D eigenvalue weighted by Gasteiger charge is -2.38. The molecular formula is C20H25N3O3S. The monoisotopic (exact) mass is 387 g/mol. The number of amides is 1. The Hall–Kier alpha value is -2.38. The van der Waals surface area contributed by atoms with Gasteiger partial charge in [0.05, 0.1) is 16.3 Å². The Bertz CT molecular complexity index is 941. The maximum Gasteiger partial charge on any atom is 0.258 e. The smallest absolute Gasteiger partial charge is 0.258 e. The topological polar surface area (TPSA) is 60.9 Å². The Balaban J connectivity index is 1.91. The summed E-state index contributed by atoms with van der Waals surface area (Å²) in [6.07, 6.45) is 1.15. The van der Waals surface area contributed by atoms with E-state index in [9.17, 15) is 13.2 Å². The van der Waals surface area contributed by atoms with Gasteiger partial charge in [-0.15, -0.1) is 0 Å². The second-order valence-corrected chi connectivity index (χ2v) is 9.05. The zero-order valence-corrected chi connectivity index (χ0v) is 16.7. The molecule has 1 aliphatic heterocycles. The summed E-state index contributed by atoms with van der Waals surface area (Å²) in [6.45, 7) is 3.11. The standard InChI is InChI=1S/C20H25N3O3S/c1-21(2)11-12-22-13-14-23(19-10-5-4-9-18(19)22)20(24)16-7-6-8-17(15-16)27(3,25)26/h4-10,15H,11-14H2,1-3H3. The number of para-hydroxylation sites is 2. The van der Waals surface area contributed by atoms with Crippen LogP contribution in [0.4, 0.5) is 11.4 Å². The maximum absolute atomic E-state index is 13.1. The fraction of sp³-hybridized carbons (Fsp3) is 0.350. The van der Waals surface area contributed by atoms with Crippen molar-refractivity contribution in [1.82, 2.24) is 4.90 Å². The first-order valence-electron chi connectivity index (χ1n) is 8.88. The molecule has 0 saturated carbocycles. The van der Waals surface area contributed by atoms with Crippen molar-refractivity contribution in [3.05, 3.63) is 54.1 Å². The third-order valence-corrected chi connectivity index (χ3v) is 5.79. The number of rotatable bonds is 5. The number of likely N-dealkylation sites (N-methyl/N-ethyl adjacent to an activating group) is 1. The summed E-state index contributed by atoms with van der Waals surface area (Å²) in [6, 6.07) is 14.1. The first kappa shape index (κ1) is 19.4. The van der Waals surface area contributed by atoms with Gasteiger partial charge >= 0.3 is 0 Å². The Morgan fingerprint density at radius 2 is 1.74 bits per heavy atom. The highest BCUT2D eigenvalue weighted by atomic mass is 32.2. The Labute approximate surface area is 160 Å². The molecule has 0 spiro atoms. The number of anilines is 2. The SMILES string of the molecule is CN(C)CCN1CCN(C(=O)c2cccc(S(C)(=O)=O)c2)c2ccccc21. The van der Waals surface area contributed by atoms with Gasteiger partial charge in [0, 0.05) is 38.0 Å². The summed E-state index contributed by atoms with van der Waals surface area (Å²) in [5, 5.41) is 0. The summed E-state index contributed by atoms with van der Waals surface area (Å²) in [5.74, 6) is -0.180. The van der Waals surface area contributed by atoms with Crippen molar-refractivity contribution in [1.29, 1.82) is 0 Å². The van der Waals surface area contributed by atoms with E-state index >= 15 is 0 Å². The fourth-order valence-corrected chi connectivity index (χ4v) is 3.87. The Morgan fingerprint density at radius 3 is 2.41 bits per heavy atom. The van der Waals surface area contributed by atoms with Crippen molar-refractivity contribution in [2.45, 2.75) is 4.90 Å². The maximum atomic E-state index is 13.1. The van der Waals surface area contributed by atoms with Gasteiger partial charge in [0.1, 0.15) is 0 Å². The molecule has 0 radical (unpaired) electrons. The first-order chi connectivity index (χ1) is 12.8. The average Bonchev–Trinajstić information content (AvgIpc) is 2.65. The molecule has 1 amide bonds. The van der Waals surface area contributed by atoms with Crippen molar-refractivity contribution >= 4 is 27.1 Å². The molecule has 7 heteroatoms. The zero-order chi connectivity index (χ0) is 19.6. The van der Waals surface area contributed by atoms with Crippen LogP contribution in [0.3, 0.4) is 0 Å². The molecule has 27 heavy (non-hydrogen) atoms. The molecule has 6 nitrogen and oxygen atoms in total. The lowest BCUT2D eigenvalue weighted by atomic mass is 10.1. The number of nitrogens with zero attached hydrogens (tertiary/aromatic N) is 3. The van der Waals surface area contributed by atoms with Crippen LogP contribution in [0.2, 0.25) is 0 Å². The van der Waals surface area contributed by atoms with Crippen molar-refractivity contribution in [3.8, 4) is 0 Å². The molecule has 144 valence electrons. The summed E-state index contributed by atoms with van der Waals surface area (Å²) in [4.78, 5) is 19.4. The number of hydrogen-bond donors (Lipinski definition) is 0. The zero-order valence-electron chi connectivity index (χ0n) is 15.9. The minimum atomic E-state index is -3.36. The van der Waals surface area contributed by atoms with Crippen LogP contribution in [-0.2, 0) is 9.84 Å². The van der Waals surface area contributed by atoms with E-state index in [2.05, 4.69) is 9.80 Å². The van der Waals surface area contributed by atoms with Crippen molar-refractivity contribution < 1.29 is 13.2 Å². The predicted molar refractivity (Wildman–Crippen MR) is 108 cm³/mol. The van der Waals surface area contributed by atoms with Crippen LogP contribution < -0.4 is 9.80 Å². The molecule has 2 aromatic rings. The van der Waals surface area contributed by atoms with Gasteiger partial charge in [0.15, 0.2) is 9.84 Å². The minimum Gasteiger partial charge on any atom is -0.367 e. The minimum absolute atomic E-state index is 0.159. The quantitative estimate of drug-likeness (QED) is 0.787. The first-order valence-corrected chi connectivity index (χ1v) is 10.8. The Kier molecular flexibility index (Phi) is 5.53. The highest BCUT2D eigenvalue weighted by Crippen LogP contribution is 2.33. The van der Waals surface area contributed by atoms with Crippen LogP contribution in [0.5, 0.6) is 0 Å². The molecule has 2 aromatic carbocycles. The molecule has 0 aliphatic carbocycles. The third kappa shape index (κ3) is 4.31. The van der Waals surface area contributed by atoms with E-state index in [1.54, 1.807) is 17.0 Å². The van der Waals surface area contributed by atoms with Crippen LogP contribution >= 0.6 is 0 Å². The summed E-state index contributed by atoms with van der Waals surface area (Å²) in [5.41, 5.74) is 2.27. The average molecular weight is 388 g/mol. The van der Waals surface area contributed by atoms with Crippen molar-refractivity contribution in [2.75, 3.05) is 56.3 Å². The van der Waals surface area contributed by atoms with Gasteiger partial charge in [-0.3, -0.25) is 4.79 Å². The lowest BCUT2D eigenvalue weighted by molar-refractivity contribution is 0.0986. The van der Waals surface area contributed by atoms with Gasteiger partial charge in [-0.2, -0.15) is 0 Å². The highest BCUT2D eigenvalue weighted by Gasteiger charge is 2.27. The van der Waals surface area contributed by atoms with E-state index < -0.39 is 9.84 Å². The van der Waals surface area contributed by atoms with Gasteiger partial charge in [-0.1, -0.05) is 18.2 Å². The molecule has 0 unspecified atom stereocenters. The number of carbonyl (C=O) groups excluding carboxylic acids is 1. The fourth-order valence-electron chi connectivity index (χ4n) is 3.20. The molecule has 1 heterocycles. The number of carbonyl (C=O) groups is 1. The molecule has 0 N–H and O–H groups in total. The molecule has 1 aliphatic rings. The second-order valence-electron chi connectivity index (χ2n) is 7.04. The van der Waals surface area contributed by atoms with E-state index in [1.807, 2.05) is 38.4 Å². The van der Waals surface area contributed by atoms with Crippen molar-refractivity contribution in [3.63, 3.8) is 0 Å². The molecule has 0 fully saturated rings. The van der Waals surface area contributed by atoms with E-state index in [0.29, 0.717) is 12.1 Å². The van der Waals surface area contributed by atoms with E-state index in [1.165, 1.54) is 12.1 Å². The summed E-state index contributed by atoms with van der Waals surface area (Å²) >= 11 is 0. The molecule has 3 rings (SSSR count). The van der Waals surface area contributed by atoms with Gasteiger partial charge < -0.3 is 14.7 Å².